The van der Waals surface area contributed by atoms with E-state index in [-0.39, 0.29) is 24.5 Å². The highest BCUT2D eigenvalue weighted by Gasteiger charge is 2.34. The van der Waals surface area contributed by atoms with Crippen LogP contribution < -0.4 is 9.64 Å². The van der Waals surface area contributed by atoms with Gasteiger partial charge in [0, 0.05) is 67.8 Å². The zero-order valence-corrected chi connectivity index (χ0v) is 23.8. The molecule has 3 aromatic rings. The van der Waals surface area contributed by atoms with Crippen molar-refractivity contribution in [1.29, 1.82) is 0 Å². The summed E-state index contributed by atoms with van der Waals surface area (Å²) in [5.74, 6) is 0.625. The van der Waals surface area contributed by atoms with Crippen LogP contribution in [-0.4, -0.2) is 58.4 Å². The lowest BCUT2D eigenvalue weighted by atomic mass is 9.92. The summed E-state index contributed by atoms with van der Waals surface area (Å²) >= 11 is 6.02. The fourth-order valence-corrected chi connectivity index (χ4v) is 6.05. The maximum absolute atomic E-state index is 13.8. The quantitative estimate of drug-likeness (QED) is 0.386. The number of piperidine rings is 1. The van der Waals surface area contributed by atoms with Gasteiger partial charge in [-0.3, -0.25) is 19.5 Å². The number of hydrogen-bond acceptors (Lipinski definition) is 5. The van der Waals surface area contributed by atoms with E-state index in [4.69, 9.17) is 16.3 Å². The van der Waals surface area contributed by atoms with E-state index in [1.807, 2.05) is 53.4 Å². The predicted octanol–water partition coefficient (Wildman–Crippen LogP) is 5.71. The summed E-state index contributed by atoms with van der Waals surface area (Å²) < 4.78 is 5.88. The van der Waals surface area contributed by atoms with Crippen molar-refractivity contribution in [3.05, 3.63) is 89.2 Å². The van der Waals surface area contributed by atoms with Crippen molar-refractivity contribution in [2.75, 3.05) is 24.6 Å². The Labute approximate surface area is 241 Å². The van der Waals surface area contributed by atoms with Gasteiger partial charge in [0.1, 0.15) is 5.75 Å². The highest BCUT2D eigenvalue weighted by Crippen LogP contribution is 2.32. The smallest absolute Gasteiger partial charge is 0.260 e. The third kappa shape index (κ3) is 6.83. The number of carbonyl (C=O) groups is 2. The van der Waals surface area contributed by atoms with Gasteiger partial charge >= 0.3 is 0 Å². The number of carbonyl (C=O) groups excluding carboxylic acids is 2. The number of benzene rings is 2. The van der Waals surface area contributed by atoms with Crippen LogP contribution in [0.25, 0.3) is 0 Å². The number of ether oxygens (including phenoxy) is 1. The summed E-state index contributed by atoms with van der Waals surface area (Å²) in [5.41, 5.74) is 3.07. The van der Waals surface area contributed by atoms with Crippen LogP contribution in [0.1, 0.15) is 50.2 Å². The van der Waals surface area contributed by atoms with Gasteiger partial charge in [0.15, 0.2) is 6.61 Å². The number of para-hydroxylation sites is 1. The van der Waals surface area contributed by atoms with Crippen molar-refractivity contribution in [2.24, 2.45) is 0 Å². The lowest BCUT2D eigenvalue weighted by Crippen LogP contribution is -2.52. The maximum Gasteiger partial charge on any atom is 0.260 e. The van der Waals surface area contributed by atoms with Gasteiger partial charge in [0.05, 0.1) is 0 Å². The fraction of sp³-hybridized carbons (Fsp3) is 0.406. The van der Waals surface area contributed by atoms with E-state index >= 15 is 0 Å². The van der Waals surface area contributed by atoms with E-state index in [1.165, 1.54) is 5.56 Å². The van der Waals surface area contributed by atoms with Crippen molar-refractivity contribution in [3.63, 3.8) is 0 Å². The molecule has 2 atom stereocenters. The number of fused-ring (bicyclic) bond motifs is 3. The average Bonchev–Trinajstić information content (AvgIpc) is 2.99. The van der Waals surface area contributed by atoms with Gasteiger partial charge in [-0.1, -0.05) is 43.1 Å². The summed E-state index contributed by atoms with van der Waals surface area (Å²) in [6, 6.07) is 19.7. The third-order valence-electron chi connectivity index (χ3n) is 8.02. The Balaban J connectivity index is 1.47. The summed E-state index contributed by atoms with van der Waals surface area (Å²) in [6.07, 6.45) is 8.17. The largest absolute Gasteiger partial charge is 0.484 e. The zero-order valence-electron chi connectivity index (χ0n) is 23.0. The van der Waals surface area contributed by atoms with Crippen LogP contribution in [0.5, 0.6) is 5.75 Å². The van der Waals surface area contributed by atoms with Gasteiger partial charge in [-0.15, -0.1) is 0 Å². The number of halogens is 1. The van der Waals surface area contributed by atoms with Crippen LogP contribution >= 0.6 is 11.6 Å². The molecule has 2 amide bonds. The van der Waals surface area contributed by atoms with Crippen LogP contribution in [0.15, 0.2) is 73.1 Å². The minimum absolute atomic E-state index is 0.0676. The fourth-order valence-electron chi connectivity index (χ4n) is 5.92. The first-order valence-corrected chi connectivity index (χ1v) is 14.6. The predicted molar refractivity (Wildman–Crippen MR) is 157 cm³/mol. The summed E-state index contributed by atoms with van der Waals surface area (Å²) in [5, 5.41) is 0.620. The lowest BCUT2D eigenvalue weighted by molar-refractivity contribution is -0.135. The first-order valence-electron chi connectivity index (χ1n) is 14.2. The first-order chi connectivity index (χ1) is 19.5. The average molecular weight is 561 g/mol. The van der Waals surface area contributed by atoms with Crippen molar-refractivity contribution in [3.8, 4) is 5.75 Å². The molecule has 40 heavy (non-hydrogen) atoms. The molecule has 0 N–H and O–H groups in total. The molecule has 2 aromatic carbocycles. The van der Waals surface area contributed by atoms with Gasteiger partial charge in [0.25, 0.3) is 5.91 Å². The molecular weight excluding hydrogens is 524 g/mol. The first kappa shape index (κ1) is 28.1. The minimum Gasteiger partial charge on any atom is -0.484 e. The highest BCUT2D eigenvalue weighted by molar-refractivity contribution is 6.30. The number of rotatable bonds is 6. The normalized spacial score (nSPS) is 19.9. The lowest BCUT2D eigenvalue weighted by Gasteiger charge is -2.44. The Hall–Kier alpha value is -3.42. The molecule has 2 aliphatic heterocycles. The molecule has 3 heterocycles. The Bertz CT molecular complexity index is 1290. The van der Waals surface area contributed by atoms with E-state index in [9.17, 15) is 9.59 Å². The molecular formula is C32H37ClN4O3. The van der Waals surface area contributed by atoms with Crippen LogP contribution in [0.2, 0.25) is 5.02 Å². The molecule has 5 rings (SSSR count). The molecule has 0 aliphatic carbocycles. The second kappa shape index (κ2) is 13.3. The molecule has 0 saturated carbocycles. The molecule has 210 valence electrons. The number of amides is 2. The summed E-state index contributed by atoms with van der Waals surface area (Å²) in [7, 11) is 0. The van der Waals surface area contributed by atoms with Crippen molar-refractivity contribution < 1.29 is 14.3 Å². The topological polar surface area (TPSA) is 66.0 Å². The molecule has 1 fully saturated rings. The number of hydrogen-bond donors (Lipinski definition) is 0. The number of nitrogens with zero attached hydrogens (tertiary/aromatic N) is 4. The highest BCUT2D eigenvalue weighted by atomic mass is 35.5. The van der Waals surface area contributed by atoms with Gasteiger partial charge in [-0.2, -0.15) is 0 Å². The van der Waals surface area contributed by atoms with Crippen molar-refractivity contribution in [2.45, 2.75) is 64.2 Å². The molecule has 2 bridgehead atoms. The monoisotopic (exact) mass is 560 g/mol. The van der Waals surface area contributed by atoms with E-state index < -0.39 is 0 Å². The van der Waals surface area contributed by atoms with Crippen molar-refractivity contribution in [1.82, 2.24) is 14.8 Å². The van der Waals surface area contributed by atoms with Gasteiger partial charge in [0.2, 0.25) is 5.91 Å². The SMILES string of the molecule is CCC(=O)N1CCC2CCCC(CN(C(=O)COc3ccc(Cl)cc3)Cc3ccccc31)N2Cc1ccncc1. The van der Waals surface area contributed by atoms with Crippen molar-refractivity contribution >= 4 is 29.1 Å². The van der Waals surface area contributed by atoms with Crippen LogP contribution in [0.3, 0.4) is 0 Å². The summed E-state index contributed by atoms with van der Waals surface area (Å²) in [6.45, 7) is 4.29. The second-order valence-electron chi connectivity index (χ2n) is 10.6. The van der Waals surface area contributed by atoms with E-state index in [0.29, 0.717) is 42.9 Å². The Morgan fingerprint density at radius 3 is 2.48 bits per heavy atom. The van der Waals surface area contributed by atoms with E-state index in [0.717, 1.165) is 43.5 Å². The molecule has 8 heteroatoms. The molecule has 1 aromatic heterocycles. The van der Waals surface area contributed by atoms with Gasteiger partial charge < -0.3 is 14.5 Å². The Morgan fingerprint density at radius 2 is 1.70 bits per heavy atom. The molecule has 2 aliphatic rings. The van der Waals surface area contributed by atoms with E-state index in [2.05, 4.69) is 22.0 Å². The molecule has 7 nitrogen and oxygen atoms in total. The number of anilines is 1. The van der Waals surface area contributed by atoms with Crippen LogP contribution in [-0.2, 0) is 22.7 Å². The van der Waals surface area contributed by atoms with Gasteiger partial charge in [-0.05, 0) is 72.9 Å². The standard InChI is InChI=1S/C32H37ClN4O3/c1-2-31(38)36-19-16-27-7-5-8-28(37(27)20-24-14-17-34-18-15-24)22-35(21-25-6-3-4-9-30(25)36)32(39)23-40-29-12-10-26(33)11-13-29/h3-4,6,9-15,17-18,27-28H,2,5,7-8,16,19-23H2,1H3. The Kier molecular flexibility index (Phi) is 9.34. The second-order valence-corrected chi connectivity index (χ2v) is 11.0. The number of pyridine rings is 1. The molecule has 2 unspecified atom stereocenters. The molecule has 0 spiro atoms. The van der Waals surface area contributed by atoms with E-state index in [1.54, 1.807) is 24.3 Å². The molecule has 1 saturated heterocycles. The minimum atomic E-state index is -0.0802. The Morgan fingerprint density at radius 1 is 0.950 bits per heavy atom. The van der Waals surface area contributed by atoms with Crippen LogP contribution in [0.4, 0.5) is 5.69 Å². The number of aromatic nitrogens is 1. The van der Waals surface area contributed by atoms with Gasteiger partial charge in [-0.25, -0.2) is 0 Å². The molecule has 0 radical (unpaired) electrons. The third-order valence-corrected chi connectivity index (χ3v) is 8.27. The zero-order chi connectivity index (χ0) is 27.9. The maximum atomic E-state index is 13.8. The summed E-state index contributed by atoms with van der Waals surface area (Å²) in [4.78, 5) is 37.6. The van der Waals surface area contributed by atoms with Crippen LogP contribution in [0, 0.1) is 0 Å².